The van der Waals surface area contributed by atoms with Gasteiger partial charge in [0.2, 0.25) is 0 Å². The summed E-state index contributed by atoms with van der Waals surface area (Å²) in [4.78, 5) is 0. The van der Waals surface area contributed by atoms with Gasteiger partial charge in [-0.3, -0.25) is 0 Å². The highest BCUT2D eigenvalue weighted by molar-refractivity contribution is 9.10. The molecule has 2 N–H and O–H groups in total. The number of halogens is 1. The summed E-state index contributed by atoms with van der Waals surface area (Å²) in [5.74, 6) is 0.513. The Morgan fingerprint density at radius 3 is 2.84 bits per heavy atom. The molecule has 0 fully saturated rings. The molecule has 5 nitrogen and oxygen atoms in total. The highest BCUT2D eigenvalue weighted by Gasteiger charge is 2.21. The van der Waals surface area contributed by atoms with Crippen LogP contribution in [-0.4, -0.2) is 32.4 Å². The fourth-order valence-electron chi connectivity index (χ4n) is 1.84. The van der Waals surface area contributed by atoms with Gasteiger partial charge >= 0.3 is 0 Å². The maximum Gasteiger partial charge on any atom is 0.173 e. The first kappa shape index (κ1) is 14.4. The van der Waals surface area contributed by atoms with Gasteiger partial charge in [0.15, 0.2) is 21.3 Å². The first-order valence-corrected chi connectivity index (χ1v) is 8.12. The number of ether oxygens (including phenoxy) is 1. The molecule has 1 heterocycles. The van der Waals surface area contributed by atoms with E-state index in [4.69, 9.17) is 4.74 Å². The minimum absolute atomic E-state index is 0.0505. The Bertz CT molecular complexity index is 612. The SMILES string of the molecule is COc1cc(CNC2C=CS(=O)(=O)C2)cc(Br)c1O. The van der Waals surface area contributed by atoms with Gasteiger partial charge in [-0.1, -0.05) is 6.08 Å². The molecule has 1 aromatic rings. The molecule has 0 amide bonds. The van der Waals surface area contributed by atoms with Crippen LogP contribution < -0.4 is 10.1 Å². The van der Waals surface area contributed by atoms with Crippen molar-refractivity contribution in [1.29, 1.82) is 0 Å². The average molecular weight is 348 g/mol. The molecule has 0 radical (unpaired) electrons. The van der Waals surface area contributed by atoms with Gasteiger partial charge in [-0.2, -0.15) is 0 Å². The zero-order valence-corrected chi connectivity index (χ0v) is 12.7. The lowest BCUT2D eigenvalue weighted by molar-refractivity contribution is 0.371. The maximum atomic E-state index is 11.3. The Hall–Kier alpha value is -1.05. The highest BCUT2D eigenvalue weighted by atomic mass is 79.9. The van der Waals surface area contributed by atoms with Crippen molar-refractivity contribution in [3.05, 3.63) is 33.7 Å². The van der Waals surface area contributed by atoms with Crippen LogP contribution >= 0.6 is 15.9 Å². The number of hydrogen-bond donors (Lipinski definition) is 2. The lowest BCUT2D eigenvalue weighted by atomic mass is 10.2. The fraction of sp³-hybridized carbons (Fsp3) is 0.333. The van der Waals surface area contributed by atoms with Crippen molar-refractivity contribution in [2.24, 2.45) is 0 Å². The number of phenols is 1. The molecule has 0 saturated heterocycles. The van der Waals surface area contributed by atoms with Crippen molar-refractivity contribution in [3.63, 3.8) is 0 Å². The summed E-state index contributed by atoms with van der Waals surface area (Å²) in [5.41, 5.74) is 0.888. The molecule has 1 aromatic carbocycles. The maximum absolute atomic E-state index is 11.3. The Balaban J connectivity index is 2.05. The summed E-state index contributed by atoms with van der Waals surface area (Å²) in [7, 11) is -1.57. The number of methoxy groups -OCH3 is 1. The normalized spacial score (nSPS) is 20.6. The number of aromatic hydroxyl groups is 1. The molecule has 0 aliphatic carbocycles. The summed E-state index contributed by atoms with van der Waals surface area (Å²) in [6.07, 6.45) is 1.64. The molecule has 2 rings (SSSR count). The third-order valence-electron chi connectivity index (χ3n) is 2.81. The number of benzene rings is 1. The van der Waals surface area contributed by atoms with E-state index in [1.165, 1.54) is 12.5 Å². The highest BCUT2D eigenvalue weighted by Crippen LogP contribution is 2.35. The van der Waals surface area contributed by atoms with Gasteiger partial charge in [0, 0.05) is 18.0 Å². The lowest BCUT2D eigenvalue weighted by Gasteiger charge is -2.12. The minimum atomic E-state index is -3.04. The van der Waals surface area contributed by atoms with E-state index in [0.717, 1.165) is 5.56 Å². The second kappa shape index (κ2) is 5.52. The third kappa shape index (κ3) is 3.49. The molecule has 7 heteroatoms. The standard InChI is InChI=1S/C12H14BrNO4S/c1-18-11-5-8(4-10(13)12(11)15)6-14-9-2-3-19(16,17)7-9/h2-5,9,14-15H,6-7H2,1H3. The second-order valence-corrected chi connectivity index (χ2v) is 7.06. The number of hydrogen-bond acceptors (Lipinski definition) is 5. The molecule has 1 atom stereocenters. The van der Waals surface area contributed by atoms with E-state index in [0.29, 0.717) is 16.8 Å². The van der Waals surface area contributed by atoms with E-state index in [1.807, 2.05) is 0 Å². The minimum Gasteiger partial charge on any atom is -0.503 e. The molecule has 0 spiro atoms. The molecule has 1 unspecified atom stereocenters. The molecule has 1 aliphatic heterocycles. The predicted octanol–water partition coefficient (Wildman–Crippen LogP) is 1.56. The number of sulfone groups is 1. The van der Waals surface area contributed by atoms with Crippen LogP contribution in [0.2, 0.25) is 0 Å². The Kier molecular flexibility index (Phi) is 4.17. The predicted molar refractivity (Wildman–Crippen MR) is 75.9 cm³/mol. The smallest absolute Gasteiger partial charge is 0.173 e. The summed E-state index contributed by atoms with van der Waals surface area (Å²) in [6, 6.07) is 3.29. The Morgan fingerprint density at radius 1 is 1.53 bits per heavy atom. The molecule has 1 aliphatic rings. The van der Waals surface area contributed by atoms with Crippen molar-refractivity contribution in [3.8, 4) is 11.5 Å². The molecular weight excluding hydrogens is 334 g/mol. The van der Waals surface area contributed by atoms with Crippen molar-refractivity contribution >= 4 is 25.8 Å². The molecule has 0 bridgehead atoms. The van der Waals surface area contributed by atoms with Crippen LogP contribution in [0.15, 0.2) is 28.1 Å². The summed E-state index contributed by atoms with van der Waals surface area (Å²) >= 11 is 3.24. The van der Waals surface area contributed by atoms with E-state index in [-0.39, 0.29) is 17.5 Å². The Morgan fingerprint density at radius 2 is 2.26 bits per heavy atom. The quantitative estimate of drug-likeness (QED) is 0.864. The zero-order valence-electron chi connectivity index (χ0n) is 10.3. The number of phenolic OH excluding ortho intramolecular Hbond substituents is 1. The Labute approximate surface area is 120 Å². The van der Waals surface area contributed by atoms with Gasteiger partial charge < -0.3 is 15.2 Å². The van der Waals surface area contributed by atoms with E-state index in [1.54, 1.807) is 18.2 Å². The van der Waals surface area contributed by atoms with Gasteiger partial charge in [-0.15, -0.1) is 0 Å². The van der Waals surface area contributed by atoms with Gasteiger partial charge in [-0.05, 0) is 33.6 Å². The second-order valence-electron chi connectivity index (χ2n) is 4.27. The van der Waals surface area contributed by atoms with Crippen molar-refractivity contribution in [2.45, 2.75) is 12.6 Å². The van der Waals surface area contributed by atoms with Crippen molar-refractivity contribution in [2.75, 3.05) is 12.9 Å². The zero-order chi connectivity index (χ0) is 14.0. The summed E-state index contributed by atoms with van der Waals surface area (Å²) in [5, 5.41) is 14.0. The first-order chi connectivity index (χ1) is 8.91. The molecule has 19 heavy (non-hydrogen) atoms. The van der Waals surface area contributed by atoms with Crippen LogP contribution in [0.5, 0.6) is 11.5 Å². The molecule has 0 saturated carbocycles. The first-order valence-electron chi connectivity index (χ1n) is 5.61. The van der Waals surface area contributed by atoms with Crippen molar-refractivity contribution in [1.82, 2.24) is 5.32 Å². The fourth-order valence-corrected chi connectivity index (χ4v) is 3.60. The van der Waals surface area contributed by atoms with Gasteiger partial charge in [0.05, 0.1) is 17.3 Å². The topological polar surface area (TPSA) is 75.6 Å². The van der Waals surface area contributed by atoms with Gasteiger partial charge in [-0.25, -0.2) is 8.42 Å². The van der Waals surface area contributed by atoms with Crippen LogP contribution in [0.25, 0.3) is 0 Å². The molecule has 0 aromatic heterocycles. The van der Waals surface area contributed by atoms with Crippen LogP contribution in [0.4, 0.5) is 0 Å². The largest absolute Gasteiger partial charge is 0.503 e. The van der Waals surface area contributed by atoms with Crippen LogP contribution in [-0.2, 0) is 16.4 Å². The van der Waals surface area contributed by atoms with Crippen LogP contribution in [0.3, 0.4) is 0 Å². The monoisotopic (exact) mass is 347 g/mol. The van der Waals surface area contributed by atoms with E-state index >= 15 is 0 Å². The summed E-state index contributed by atoms with van der Waals surface area (Å²) in [6.45, 7) is 0.486. The van der Waals surface area contributed by atoms with Crippen LogP contribution in [0.1, 0.15) is 5.56 Å². The third-order valence-corrected chi connectivity index (χ3v) is 4.81. The average Bonchev–Trinajstić information content (AvgIpc) is 2.70. The van der Waals surface area contributed by atoms with E-state index < -0.39 is 9.84 Å². The van der Waals surface area contributed by atoms with Gasteiger partial charge in [0.25, 0.3) is 0 Å². The number of rotatable bonds is 4. The van der Waals surface area contributed by atoms with Crippen molar-refractivity contribution < 1.29 is 18.3 Å². The summed E-state index contributed by atoms with van der Waals surface area (Å²) < 4.78 is 28.1. The van der Waals surface area contributed by atoms with E-state index in [9.17, 15) is 13.5 Å². The lowest BCUT2D eigenvalue weighted by Crippen LogP contribution is -2.29. The molecular formula is C12H14BrNO4S. The van der Waals surface area contributed by atoms with E-state index in [2.05, 4.69) is 21.2 Å². The van der Waals surface area contributed by atoms with Gasteiger partial charge in [0.1, 0.15) is 0 Å². The van der Waals surface area contributed by atoms with Crippen LogP contribution in [0, 0.1) is 0 Å². The number of nitrogens with one attached hydrogen (secondary N) is 1. The molecule has 104 valence electrons.